The van der Waals surface area contributed by atoms with Crippen LogP contribution in [0.15, 0.2) is 48.6 Å². The van der Waals surface area contributed by atoms with Crippen molar-refractivity contribution >= 4 is 10.6 Å². The molecule has 2 saturated heterocycles. The highest BCUT2D eigenvalue weighted by Gasteiger charge is 2.64. The van der Waals surface area contributed by atoms with Gasteiger partial charge in [-0.15, -0.1) is 0 Å². The van der Waals surface area contributed by atoms with Gasteiger partial charge in [-0.05, 0) is 27.7 Å². The summed E-state index contributed by atoms with van der Waals surface area (Å²) in [5.74, 6) is 0.817. The highest BCUT2D eigenvalue weighted by Crippen LogP contribution is 2.78. The summed E-state index contributed by atoms with van der Waals surface area (Å²) in [5, 5.41) is 0.728. The van der Waals surface area contributed by atoms with Gasteiger partial charge in [0, 0.05) is 11.8 Å². The number of fused-ring (bicyclic) bond motifs is 4. The van der Waals surface area contributed by atoms with Crippen LogP contribution in [-0.2, 0) is 8.37 Å². The van der Waals surface area contributed by atoms with Crippen molar-refractivity contribution in [1.29, 1.82) is 0 Å². The lowest BCUT2D eigenvalue weighted by atomic mass is 9.85. The third kappa shape index (κ3) is 1.74. The van der Waals surface area contributed by atoms with Gasteiger partial charge in [0.15, 0.2) is 0 Å². The minimum atomic E-state index is -1.62. The van der Waals surface area contributed by atoms with E-state index in [0.717, 1.165) is 0 Å². The smallest absolute Gasteiger partial charge is 0.0956 e. The third-order valence-electron chi connectivity index (χ3n) is 5.22. The summed E-state index contributed by atoms with van der Waals surface area (Å²) < 4.78 is 13.4. The second-order valence-electron chi connectivity index (χ2n) is 7.48. The molecule has 2 aliphatic carbocycles. The van der Waals surface area contributed by atoms with Crippen LogP contribution in [-0.4, -0.2) is 21.7 Å². The molecule has 0 amide bonds. The SMILES string of the molecule is CC1(C)OS2(OC(C)(C)C3C=CC=CC32)C2C=CC=CC21. The van der Waals surface area contributed by atoms with Crippen LogP contribution in [0.25, 0.3) is 0 Å². The zero-order valence-electron chi connectivity index (χ0n) is 13.2. The highest BCUT2D eigenvalue weighted by atomic mass is 32.3. The third-order valence-corrected chi connectivity index (χ3v) is 9.02. The van der Waals surface area contributed by atoms with Crippen LogP contribution in [0, 0.1) is 11.8 Å². The Kier molecular flexibility index (Phi) is 2.74. The molecule has 0 aromatic heterocycles. The van der Waals surface area contributed by atoms with Crippen LogP contribution < -0.4 is 0 Å². The summed E-state index contributed by atoms with van der Waals surface area (Å²) in [6.07, 6.45) is 17.9. The largest absolute Gasteiger partial charge is 0.276 e. The standard InChI is InChI=1S/C18H24O2S/c1-17(2)13-9-5-7-11-15(13)21(19-17)16-12-8-6-10-14(16)18(3,4)20-21/h5-16H,1-4H3. The van der Waals surface area contributed by atoms with Crippen molar-refractivity contribution < 1.29 is 8.37 Å². The molecule has 4 unspecified atom stereocenters. The van der Waals surface area contributed by atoms with E-state index in [1.807, 2.05) is 0 Å². The molecule has 0 radical (unpaired) electrons. The fourth-order valence-electron chi connectivity index (χ4n) is 4.26. The molecule has 2 nitrogen and oxygen atoms in total. The Morgan fingerprint density at radius 3 is 1.48 bits per heavy atom. The predicted molar refractivity (Wildman–Crippen MR) is 89.0 cm³/mol. The molecular weight excluding hydrogens is 280 g/mol. The monoisotopic (exact) mass is 304 g/mol. The van der Waals surface area contributed by atoms with Gasteiger partial charge in [-0.25, -0.2) is 0 Å². The molecule has 4 aliphatic rings. The normalized spacial score (nSPS) is 50.9. The number of hydrogen-bond donors (Lipinski definition) is 0. The maximum Gasteiger partial charge on any atom is 0.0956 e. The summed E-state index contributed by atoms with van der Waals surface area (Å²) in [5.41, 5.74) is -0.331. The van der Waals surface area contributed by atoms with Gasteiger partial charge in [0.25, 0.3) is 0 Å². The van der Waals surface area contributed by atoms with Crippen LogP contribution in [0.5, 0.6) is 0 Å². The minimum absolute atomic E-state index is 0.165. The number of allylic oxidation sites excluding steroid dienone is 4. The van der Waals surface area contributed by atoms with E-state index in [2.05, 4.69) is 76.3 Å². The summed E-state index contributed by atoms with van der Waals surface area (Å²) in [4.78, 5) is 0. The lowest BCUT2D eigenvalue weighted by Crippen LogP contribution is -2.31. The van der Waals surface area contributed by atoms with Gasteiger partial charge >= 0.3 is 0 Å². The first-order valence-electron chi connectivity index (χ1n) is 7.79. The Hall–Kier alpha value is -0.770. The van der Waals surface area contributed by atoms with E-state index >= 15 is 0 Å². The van der Waals surface area contributed by atoms with Gasteiger partial charge in [-0.3, -0.25) is 8.37 Å². The van der Waals surface area contributed by atoms with E-state index in [1.165, 1.54) is 0 Å². The maximum atomic E-state index is 6.72. The van der Waals surface area contributed by atoms with E-state index in [0.29, 0.717) is 22.3 Å². The van der Waals surface area contributed by atoms with Crippen molar-refractivity contribution in [1.82, 2.24) is 0 Å². The Labute approximate surface area is 129 Å². The quantitative estimate of drug-likeness (QED) is 0.658. The topological polar surface area (TPSA) is 18.5 Å². The first kappa shape index (κ1) is 13.9. The molecule has 0 aromatic rings. The van der Waals surface area contributed by atoms with Gasteiger partial charge in [0.2, 0.25) is 0 Å². The lowest BCUT2D eigenvalue weighted by molar-refractivity contribution is 0.0738. The molecule has 21 heavy (non-hydrogen) atoms. The molecule has 0 N–H and O–H groups in total. The van der Waals surface area contributed by atoms with Gasteiger partial charge in [-0.1, -0.05) is 48.6 Å². The van der Waals surface area contributed by atoms with Gasteiger partial charge in [-0.2, -0.15) is 10.6 Å². The van der Waals surface area contributed by atoms with E-state index in [9.17, 15) is 0 Å². The average molecular weight is 304 g/mol. The van der Waals surface area contributed by atoms with Crippen LogP contribution >= 0.6 is 10.6 Å². The molecule has 114 valence electrons. The summed E-state index contributed by atoms with van der Waals surface area (Å²) in [6.45, 7) is 8.84. The molecule has 4 atom stereocenters. The molecule has 4 rings (SSSR count). The zero-order valence-corrected chi connectivity index (χ0v) is 14.0. The minimum Gasteiger partial charge on any atom is -0.276 e. The lowest BCUT2D eigenvalue weighted by Gasteiger charge is -2.45. The molecular formula is C18H24O2S. The van der Waals surface area contributed by atoms with Crippen LogP contribution in [0.1, 0.15) is 27.7 Å². The van der Waals surface area contributed by atoms with E-state index in [1.54, 1.807) is 0 Å². The number of hydrogen-bond acceptors (Lipinski definition) is 2. The Bertz CT molecular complexity index is 530. The van der Waals surface area contributed by atoms with Crippen molar-refractivity contribution in [3.63, 3.8) is 0 Å². The van der Waals surface area contributed by atoms with Crippen molar-refractivity contribution in [2.45, 2.75) is 49.4 Å². The first-order chi connectivity index (χ1) is 9.87. The Balaban J connectivity index is 1.84. The fraction of sp³-hybridized carbons (Fsp3) is 0.556. The maximum absolute atomic E-state index is 6.72. The highest BCUT2D eigenvalue weighted by molar-refractivity contribution is 8.27. The molecule has 0 bridgehead atoms. The molecule has 0 aromatic carbocycles. The summed E-state index contributed by atoms with van der Waals surface area (Å²) in [6, 6.07) is 0. The first-order valence-corrected chi connectivity index (χ1v) is 9.40. The molecule has 3 heteroatoms. The van der Waals surface area contributed by atoms with E-state index in [4.69, 9.17) is 8.37 Å². The molecule has 2 aliphatic heterocycles. The molecule has 1 spiro atoms. The van der Waals surface area contributed by atoms with Gasteiger partial charge < -0.3 is 0 Å². The Morgan fingerprint density at radius 2 is 1.05 bits per heavy atom. The van der Waals surface area contributed by atoms with Gasteiger partial charge in [0.05, 0.1) is 21.7 Å². The van der Waals surface area contributed by atoms with Crippen LogP contribution in [0.4, 0.5) is 0 Å². The second kappa shape index (κ2) is 4.15. The zero-order chi connectivity index (χ0) is 14.9. The average Bonchev–Trinajstić information content (AvgIpc) is 2.81. The molecule has 0 saturated carbocycles. The fourth-order valence-corrected chi connectivity index (χ4v) is 8.94. The molecule has 2 heterocycles. The number of rotatable bonds is 0. The van der Waals surface area contributed by atoms with Crippen LogP contribution in [0.3, 0.4) is 0 Å². The van der Waals surface area contributed by atoms with Crippen molar-refractivity contribution in [3.8, 4) is 0 Å². The van der Waals surface area contributed by atoms with E-state index in [-0.39, 0.29) is 11.2 Å². The predicted octanol–water partition coefficient (Wildman–Crippen LogP) is 4.46. The van der Waals surface area contributed by atoms with Crippen molar-refractivity contribution in [2.75, 3.05) is 0 Å². The van der Waals surface area contributed by atoms with Crippen LogP contribution in [0.2, 0.25) is 0 Å². The van der Waals surface area contributed by atoms with Crippen molar-refractivity contribution in [2.24, 2.45) is 11.8 Å². The van der Waals surface area contributed by atoms with E-state index < -0.39 is 10.6 Å². The Morgan fingerprint density at radius 1 is 0.667 bits per heavy atom. The summed E-state index contributed by atoms with van der Waals surface area (Å²) >= 11 is 0. The second-order valence-corrected chi connectivity index (χ2v) is 10.1. The van der Waals surface area contributed by atoms with Gasteiger partial charge in [0.1, 0.15) is 0 Å². The molecule has 2 fully saturated rings. The van der Waals surface area contributed by atoms with Crippen molar-refractivity contribution in [3.05, 3.63) is 48.6 Å². The summed E-state index contributed by atoms with van der Waals surface area (Å²) in [7, 11) is -1.62.